The number of carbonyl (C=O) groups is 1. The summed E-state index contributed by atoms with van der Waals surface area (Å²) >= 11 is 1.54. The van der Waals surface area contributed by atoms with E-state index < -0.39 is 0 Å². The van der Waals surface area contributed by atoms with Crippen molar-refractivity contribution in [2.45, 2.75) is 33.0 Å². The van der Waals surface area contributed by atoms with Crippen molar-refractivity contribution in [3.8, 4) is 0 Å². The van der Waals surface area contributed by atoms with E-state index in [-0.39, 0.29) is 17.4 Å². The molecule has 2 heterocycles. The van der Waals surface area contributed by atoms with Crippen molar-refractivity contribution in [1.29, 1.82) is 0 Å². The molecule has 1 fully saturated rings. The van der Waals surface area contributed by atoms with Crippen LogP contribution in [0.15, 0.2) is 11.4 Å². The lowest BCUT2D eigenvalue weighted by Crippen LogP contribution is -2.32. The summed E-state index contributed by atoms with van der Waals surface area (Å²) < 4.78 is 10.8. The Morgan fingerprint density at radius 2 is 2.42 bits per heavy atom. The average molecular weight is 283 g/mol. The molecule has 0 unspecified atom stereocenters. The van der Waals surface area contributed by atoms with Gasteiger partial charge < -0.3 is 14.8 Å². The Kier molecular flexibility index (Phi) is 4.60. The summed E-state index contributed by atoms with van der Waals surface area (Å²) in [6, 6.07) is 1.84. The lowest BCUT2D eigenvalue weighted by Gasteiger charge is -2.14. The van der Waals surface area contributed by atoms with Crippen LogP contribution >= 0.6 is 11.3 Å². The van der Waals surface area contributed by atoms with Gasteiger partial charge in [-0.1, -0.05) is 13.8 Å². The highest BCUT2D eigenvalue weighted by atomic mass is 32.1. The highest BCUT2D eigenvalue weighted by Crippen LogP contribution is 2.30. The molecule has 4 nitrogen and oxygen atoms in total. The molecule has 0 saturated carbocycles. The molecular formula is C14H21NO3S. The summed E-state index contributed by atoms with van der Waals surface area (Å²) in [6.45, 7) is 6.19. The van der Waals surface area contributed by atoms with Crippen molar-refractivity contribution in [1.82, 2.24) is 5.32 Å². The predicted molar refractivity (Wildman–Crippen MR) is 75.5 cm³/mol. The topological polar surface area (TPSA) is 47.6 Å². The van der Waals surface area contributed by atoms with E-state index in [1.54, 1.807) is 18.4 Å². The monoisotopic (exact) mass is 283 g/mol. The Labute approximate surface area is 118 Å². The highest BCUT2D eigenvalue weighted by molar-refractivity contribution is 7.10. The van der Waals surface area contributed by atoms with E-state index in [2.05, 4.69) is 19.2 Å². The van der Waals surface area contributed by atoms with Gasteiger partial charge in [-0.3, -0.25) is 4.79 Å². The second kappa shape index (κ2) is 6.03. The first kappa shape index (κ1) is 14.5. The Morgan fingerprint density at radius 3 is 3.05 bits per heavy atom. The fourth-order valence-corrected chi connectivity index (χ4v) is 3.14. The van der Waals surface area contributed by atoms with E-state index in [1.165, 1.54) is 0 Å². The number of rotatable bonds is 5. The first-order valence-electron chi connectivity index (χ1n) is 6.47. The van der Waals surface area contributed by atoms with Gasteiger partial charge in [-0.05, 0) is 23.3 Å². The molecule has 5 heteroatoms. The van der Waals surface area contributed by atoms with E-state index in [9.17, 15) is 4.79 Å². The van der Waals surface area contributed by atoms with Gasteiger partial charge in [0.1, 0.15) is 0 Å². The largest absolute Gasteiger partial charge is 0.379 e. The molecule has 19 heavy (non-hydrogen) atoms. The molecule has 1 amide bonds. The van der Waals surface area contributed by atoms with Gasteiger partial charge in [0, 0.05) is 18.5 Å². The zero-order valence-electron chi connectivity index (χ0n) is 11.7. The van der Waals surface area contributed by atoms with Crippen LogP contribution in [0.5, 0.6) is 0 Å². The van der Waals surface area contributed by atoms with Crippen molar-refractivity contribution in [3.63, 3.8) is 0 Å². The van der Waals surface area contributed by atoms with Crippen LogP contribution in [0, 0.1) is 5.41 Å². The maximum atomic E-state index is 12.1. The van der Waals surface area contributed by atoms with E-state index in [0.29, 0.717) is 18.7 Å². The zero-order valence-corrected chi connectivity index (χ0v) is 12.5. The van der Waals surface area contributed by atoms with Crippen LogP contribution in [-0.4, -0.2) is 32.3 Å². The van der Waals surface area contributed by atoms with E-state index in [4.69, 9.17) is 9.47 Å². The zero-order chi connectivity index (χ0) is 13.9. The maximum absolute atomic E-state index is 12.1. The average Bonchev–Trinajstić information content (AvgIpc) is 2.93. The van der Waals surface area contributed by atoms with Crippen LogP contribution in [0.2, 0.25) is 0 Å². The first-order valence-corrected chi connectivity index (χ1v) is 7.35. The molecule has 1 aromatic rings. The van der Waals surface area contributed by atoms with Gasteiger partial charge in [0.15, 0.2) is 0 Å². The van der Waals surface area contributed by atoms with Gasteiger partial charge >= 0.3 is 0 Å². The predicted octanol–water partition coefficient (Wildman–Crippen LogP) is 2.44. The molecule has 0 aliphatic carbocycles. The number of thiophene rings is 1. The summed E-state index contributed by atoms with van der Waals surface area (Å²) in [4.78, 5) is 13.1. The van der Waals surface area contributed by atoms with Crippen LogP contribution < -0.4 is 5.32 Å². The minimum Gasteiger partial charge on any atom is -0.379 e. The smallest absolute Gasteiger partial charge is 0.252 e. The third kappa shape index (κ3) is 3.78. The molecule has 1 atom stereocenters. The Bertz CT molecular complexity index is 442. The quantitative estimate of drug-likeness (QED) is 0.903. The number of methoxy groups -OCH3 is 1. The molecule has 1 N–H and O–H groups in total. The standard InChI is InChI=1S/C14H21NO3S/c1-14(2)6-10(18-9-14)7-15-13(16)11-4-5-19-12(11)8-17-3/h4-5,10H,6-9H2,1-3H3,(H,15,16)/t10-/m1/s1. The first-order chi connectivity index (χ1) is 9.02. The number of ether oxygens (including phenoxy) is 2. The molecule has 0 bridgehead atoms. The molecule has 1 saturated heterocycles. The van der Waals surface area contributed by atoms with Gasteiger partial charge in [-0.25, -0.2) is 0 Å². The lowest BCUT2D eigenvalue weighted by molar-refractivity contribution is 0.0829. The number of carbonyl (C=O) groups excluding carboxylic acids is 1. The van der Waals surface area contributed by atoms with Crippen molar-refractivity contribution in [2.24, 2.45) is 5.41 Å². The fourth-order valence-electron chi connectivity index (χ4n) is 2.30. The van der Waals surface area contributed by atoms with Crippen LogP contribution in [0.3, 0.4) is 0 Å². The van der Waals surface area contributed by atoms with E-state index >= 15 is 0 Å². The second-order valence-electron chi connectivity index (χ2n) is 5.70. The van der Waals surface area contributed by atoms with Crippen molar-refractivity contribution in [2.75, 3.05) is 20.3 Å². The van der Waals surface area contributed by atoms with Gasteiger partial charge in [0.2, 0.25) is 0 Å². The van der Waals surface area contributed by atoms with Gasteiger partial charge in [0.25, 0.3) is 5.91 Å². The number of nitrogens with one attached hydrogen (secondary N) is 1. The molecule has 2 rings (SSSR count). The second-order valence-corrected chi connectivity index (χ2v) is 6.70. The van der Waals surface area contributed by atoms with Crippen LogP contribution in [0.1, 0.15) is 35.5 Å². The van der Waals surface area contributed by atoms with Gasteiger partial charge in [-0.2, -0.15) is 0 Å². The summed E-state index contributed by atoms with van der Waals surface area (Å²) in [5.74, 6) is -0.0402. The van der Waals surface area contributed by atoms with Crippen molar-refractivity contribution < 1.29 is 14.3 Å². The lowest BCUT2D eigenvalue weighted by atomic mass is 9.91. The van der Waals surface area contributed by atoms with Gasteiger partial charge in [0.05, 0.1) is 24.9 Å². The summed E-state index contributed by atoms with van der Waals surface area (Å²) in [6.07, 6.45) is 1.12. The molecule has 1 aromatic heterocycles. The van der Waals surface area contributed by atoms with Crippen molar-refractivity contribution >= 4 is 17.2 Å². The Hall–Kier alpha value is -0.910. The molecule has 0 spiro atoms. The SMILES string of the molecule is COCc1sccc1C(=O)NC[C@H]1CC(C)(C)CO1. The molecular weight excluding hydrogens is 262 g/mol. The van der Waals surface area contributed by atoms with Gasteiger partial charge in [-0.15, -0.1) is 11.3 Å². The highest BCUT2D eigenvalue weighted by Gasteiger charge is 2.32. The number of hydrogen-bond donors (Lipinski definition) is 1. The van der Waals surface area contributed by atoms with Crippen LogP contribution in [0.25, 0.3) is 0 Å². The minimum atomic E-state index is -0.0402. The molecule has 106 valence electrons. The fraction of sp³-hybridized carbons (Fsp3) is 0.643. The molecule has 0 aromatic carbocycles. The normalized spacial score (nSPS) is 21.5. The minimum absolute atomic E-state index is 0.0402. The van der Waals surface area contributed by atoms with Crippen LogP contribution in [0.4, 0.5) is 0 Å². The summed E-state index contributed by atoms with van der Waals surface area (Å²) in [7, 11) is 1.63. The summed E-state index contributed by atoms with van der Waals surface area (Å²) in [5.41, 5.74) is 0.933. The van der Waals surface area contributed by atoms with E-state index in [0.717, 1.165) is 17.9 Å². The molecule has 1 aliphatic rings. The molecule has 1 aliphatic heterocycles. The third-order valence-electron chi connectivity index (χ3n) is 3.25. The third-order valence-corrected chi connectivity index (χ3v) is 4.14. The maximum Gasteiger partial charge on any atom is 0.252 e. The van der Waals surface area contributed by atoms with Crippen molar-refractivity contribution in [3.05, 3.63) is 21.9 Å². The number of amides is 1. The molecule has 0 radical (unpaired) electrons. The number of hydrogen-bond acceptors (Lipinski definition) is 4. The Balaban J connectivity index is 1.86. The Morgan fingerprint density at radius 1 is 1.63 bits per heavy atom. The van der Waals surface area contributed by atoms with Crippen LogP contribution in [-0.2, 0) is 16.1 Å². The van der Waals surface area contributed by atoms with E-state index in [1.807, 2.05) is 11.4 Å². The summed E-state index contributed by atoms with van der Waals surface area (Å²) in [5, 5.41) is 4.87.